The van der Waals surface area contributed by atoms with Crippen LogP contribution in [0.25, 0.3) is 10.9 Å². The Morgan fingerprint density at radius 1 is 1.13 bits per heavy atom. The van der Waals surface area contributed by atoms with E-state index in [0.717, 1.165) is 48.0 Å². The number of rotatable bonds is 5. The normalized spacial score (nSPS) is 15.5. The lowest BCUT2D eigenvalue weighted by atomic mass is 10.0. The van der Waals surface area contributed by atoms with E-state index in [2.05, 4.69) is 20.5 Å². The fourth-order valence-corrected chi connectivity index (χ4v) is 4.50. The quantitative estimate of drug-likeness (QED) is 0.517. The van der Waals surface area contributed by atoms with Crippen molar-refractivity contribution in [2.75, 3.05) is 13.1 Å². The van der Waals surface area contributed by atoms with Crippen molar-refractivity contribution < 1.29 is 9.29 Å². The van der Waals surface area contributed by atoms with Gasteiger partial charge < -0.3 is 9.88 Å². The zero-order valence-electron chi connectivity index (χ0n) is 17.3. The Bertz CT molecular complexity index is 1270. The molecule has 3 heterocycles. The highest BCUT2D eigenvalue weighted by molar-refractivity contribution is 5.79. The maximum atomic E-state index is 13.3. The second-order valence-electron chi connectivity index (χ2n) is 8.26. The first-order chi connectivity index (χ1) is 15.1. The van der Waals surface area contributed by atoms with Crippen LogP contribution in [0.4, 0.5) is 4.39 Å². The maximum Gasteiger partial charge on any atom is 0.258 e. The third-order valence-corrected chi connectivity index (χ3v) is 6.06. The van der Waals surface area contributed by atoms with Gasteiger partial charge in [0.05, 0.1) is 25.2 Å². The molecule has 158 valence electrons. The average Bonchev–Trinajstić information content (AvgIpc) is 3.44. The average molecular weight is 419 g/mol. The van der Waals surface area contributed by atoms with E-state index in [9.17, 15) is 9.18 Å². The number of halogens is 1. The van der Waals surface area contributed by atoms with Crippen LogP contribution in [0.15, 0.2) is 53.3 Å². The summed E-state index contributed by atoms with van der Waals surface area (Å²) in [6.07, 6.45) is 2.21. The SMILES string of the molecule is Cc1ccc2cc([C@@H](c3nnnn3Cc3ccc(F)cc3)[NH+]3CCCC3)c(=O)[nH]c2c1. The number of aromatic amines is 1. The highest BCUT2D eigenvalue weighted by Gasteiger charge is 2.35. The number of H-pyrrole nitrogens is 1. The maximum absolute atomic E-state index is 13.3. The van der Waals surface area contributed by atoms with Gasteiger partial charge in [-0.2, -0.15) is 0 Å². The van der Waals surface area contributed by atoms with Crippen LogP contribution in [-0.2, 0) is 6.54 Å². The monoisotopic (exact) mass is 419 g/mol. The summed E-state index contributed by atoms with van der Waals surface area (Å²) in [5.74, 6) is 0.371. The van der Waals surface area contributed by atoms with Crippen molar-refractivity contribution in [3.05, 3.63) is 87.2 Å². The molecule has 0 amide bonds. The van der Waals surface area contributed by atoms with Gasteiger partial charge in [-0.15, -0.1) is 5.10 Å². The predicted molar refractivity (Wildman–Crippen MR) is 114 cm³/mol. The second kappa shape index (κ2) is 8.03. The van der Waals surface area contributed by atoms with E-state index in [1.807, 2.05) is 31.2 Å². The molecule has 1 aliphatic rings. The number of quaternary nitrogens is 1. The Morgan fingerprint density at radius 2 is 1.90 bits per heavy atom. The van der Waals surface area contributed by atoms with Gasteiger partial charge in [-0.25, -0.2) is 9.07 Å². The van der Waals surface area contributed by atoms with Crippen LogP contribution in [-0.4, -0.2) is 38.3 Å². The number of aryl methyl sites for hydroxylation is 1. The van der Waals surface area contributed by atoms with E-state index >= 15 is 0 Å². The molecule has 0 spiro atoms. The van der Waals surface area contributed by atoms with E-state index in [-0.39, 0.29) is 17.4 Å². The summed E-state index contributed by atoms with van der Waals surface area (Å²) in [7, 11) is 0. The topological polar surface area (TPSA) is 80.9 Å². The van der Waals surface area contributed by atoms with Gasteiger partial charge in [0.15, 0.2) is 6.04 Å². The fourth-order valence-electron chi connectivity index (χ4n) is 4.50. The molecule has 31 heavy (non-hydrogen) atoms. The molecule has 2 aromatic heterocycles. The summed E-state index contributed by atoms with van der Waals surface area (Å²) >= 11 is 0. The van der Waals surface area contributed by atoms with Crippen LogP contribution in [0, 0.1) is 12.7 Å². The first-order valence-corrected chi connectivity index (χ1v) is 10.6. The van der Waals surface area contributed by atoms with Crippen LogP contribution in [0.1, 0.15) is 41.4 Å². The van der Waals surface area contributed by atoms with Gasteiger partial charge in [0.25, 0.3) is 5.56 Å². The number of fused-ring (bicyclic) bond motifs is 1. The van der Waals surface area contributed by atoms with Crippen molar-refractivity contribution in [2.24, 2.45) is 0 Å². The van der Waals surface area contributed by atoms with Crippen molar-refractivity contribution in [3.8, 4) is 0 Å². The van der Waals surface area contributed by atoms with Crippen LogP contribution in [0.2, 0.25) is 0 Å². The molecule has 1 aliphatic heterocycles. The van der Waals surface area contributed by atoms with E-state index < -0.39 is 0 Å². The minimum atomic E-state index is -0.280. The smallest absolute Gasteiger partial charge is 0.258 e. The minimum Gasteiger partial charge on any atom is -0.322 e. The number of tetrazole rings is 1. The highest BCUT2D eigenvalue weighted by Crippen LogP contribution is 2.20. The van der Waals surface area contributed by atoms with Crippen LogP contribution in [0.3, 0.4) is 0 Å². The molecule has 2 aromatic carbocycles. The summed E-state index contributed by atoms with van der Waals surface area (Å²) in [5, 5.41) is 13.4. The third kappa shape index (κ3) is 3.86. The van der Waals surface area contributed by atoms with Crippen LogP contribution >= 0.6 is 0 Å². The molecule has 0 aliphatic carbocycles. The molecule has 5 rings (SSSR count). The van der Waals surface area contributed by atoms with E-state index in [1.165, 1.54) is 17.0 Å². The fraction of sp³-hybridized carbons (Fsp3) is 0.304. The lowest BCUT2D eigenvalue weighted by Crippen LogP contribution is -3.10. The standard InChI is InChI=1S/C23H23FN6O/c1-15-4-7-17-13-19(23(31)25-20(17)12-15)21(29-10-2-3-11-29)22-26-27-28-30(22)14-16-5-8-18(24)9-6-16/h4-9,12-13,21H,2-3,10-11,14H2,1H3,(H,25,31)/p+1/t21-/m0/s1. The lowest BCUT2D eigenvalue weighted by molar-refractivity contribution is -0.914. The van der Waals surface area contributed by atoms with Crippen molar-refractivity contribution in [2.45, 2.75) is 32.4 Å². The van der Waals surface area contributed by atoms with Gasteiger partial charge in [0.2, 0.25) is 5.82 Å². The van der Waals surface area contributed by atoms with Crippen molar-refractivity contribution >= 4 is 10.9 Å². The van der Waals surface area contributed by atoms with Crippen molar-refractivity contribution in [3.63, 3.8) is 0 Å². The summed E-state index contributed by atoms with van der Waals surface area (Å²) in [6.45, 7) is 4.34. The number of hydrogen-bond donors (Lipinski definition) is 2. The van der Waals surface area contributed by atoms with Crippen LogP contribution in [0.5, 0.6) is 0 Å². The molecule has 1 saturated heterocycles. The Kier molecular flexibility index (Phi) is 5.07. The zero-order valence-corrected chi connectivity index (χ0v) is 17.3. The van der Waals surface area contributed by atoms with Crippen molar-refractivity contribution in [1.29, 1.82) is 0 Å². The first kappa shape index (κ1) is 19.6. The largest absolute Gasteiger partial charge is 0.322 e. The second-order valence-corrected chi connectivity index (χ2v) is 8.26. The molecule has 4 aromatic rings. The molecule has 0 saturated carbocycles. The molecule has 1 atom stereocenters. The number of hydrogen-bond acceptors (Lipinski definition) is 4. The number of nitrogens with zero attached hydrogens (tertiary/aromatic N) is 4. The molecular formula is C23H24FN6O+. The molecule has 1 fully saturated rings. The Morgan fingerprint density at radius 3 is 2.68 bits per heavy atom. The molecule has 0 bridgehead atoms. The minimum absolute atomic E-state index is 0.112. The summed E-state index contributed by atoms with van der Waals surface area (Å²) in [6, 6.07) is 14.1. The lowest BCUT2D eigenvalue weighted by Gasteiger charge is -2.23. The molecule has 7 nitrogen and oxygen atoms in total. The van der Waals surface area contributed by atoms with Gasteiger partial charge >= 0.3 is 0 Å². The van der Waals surface area contributed by atoms with Gasteiger partial charge in [-0.3, -0.25) is 4.79 Å². The molecule has 2 N–H and O–H groups in total. The molecule has 0 unspecified atom stereocenters. The van der Waals surface area contributed by atoms with Gasteiger partial charge in [-0.1, -0.05) is 24.3 Å². The predicted octanol–water partition coefficient (Wildman–Crippen LogP) is 1.78. The summed E-state index contributed by atoms with van der Waals surface area (Å²) < 4.78 is 15.0. The van der Waals surface area contributed by atoms with Gasteiger partial charge in [0.1, 0.15) is 5.82 Å². The molecular weight excluding hydrogens is 395 g/mol. The first-order valence-electron chi connectivity index (χ1n) is 10.6. The molecule has 8 heteroatoms. The highest BCUT2D eigenvalue weighted by atomic mass is 19.1. The molecule has 0 radical (unpaired) electrons. The Balaban J connectivity index is 1.60. The summed E-state index contributed by atoms with van der Waals surface area (Å²) in [4.78, 5) is 17.5. The Labute approximate surface area is 178 Å². The summed E-state index contributed by atoms with van der Waals surface area (Å²) in [5.41, 5.74) is 3.38. The number of aromatic nitrogens is 5. The number of benzene rings is 2. The van der Waals surface area contributed by atoms with Crippen molar-refractivity contribution in [1.82, 2.24) is 25.2 Å². The number of likely N-dealkylation sites (tertiary alicyclic amines) is 1. The van der Waals surface area contributed by atoms with Gasteiger partial charge in [-0.05, 0) is 58.1 Å². The number of pyridine rings is 1. The zero-order chi connectivity index (χ0) is 21.4. The van der Waals surface area contributed by atoms with E-state index in [1.54, 1.807) is 16.8 Å². The third-order valence-electron chi connectivity index (χ3n) is 6.06. The van der Waals surface area contributed by atoms with E-state index in [4.69, 9.17) is 0 Å². The van der Waals surface area contributed by atoms with Gasteiger partial charge in [0, 0.05) is 18.4 Å². The van der Waals surface area contributed by atoms with Crippen LogP contribution < -0.4 is 10.5 Å². The Hall–Kier alpha value is -3.39. The van der Waals surface area contributed by atoms with E-state index in [0.29, 0.717) is 17.9 Å². The number of nitrogens with one attached hydrogen (secondary N) is 2.